The molecule has 1 aromatic carbocycles. The van der Waals surface area contributed by atoms with Crippen molar-refractivity contribution < 1.29 is 8.42 Å². The maximum absolute atomic E-state index is 12.8. The van der Waals surface area contributed by atoms with Gasteiger partial charge in [0, 0.05) is 17.5 Å². The third-order valence-corrected chi connectivity index (χ3v) is 6.30. The van der Waals surface area contributed by atoms with Crippen molar-refractivity contribution >= 4 is 32.6 Å². The Bertz CT molecular complexity index is 582. The first kappa shape index (κ1) is 21.6. The summed E-state index contributed by atoms with van der Waals surface area (Å²) in [5.74, 6) is 0. The van der Waals surface area contributed by atoms with Gasteiger partial charge in [0.15, 0.2) is 0 Å². The van der Waals surface area contributed by atoms with Crippen LogP contribution < -0.4 is 0 Å². The third-order valence-electron chi connectivity index (χ3n) is 3.94. The molecule has 0 radical (unpaired) electrons. The van der Waals surface area contributed by atoms with Crippen molar-refractivity contribution in [2.75, 3.05) is 17.5 Å². The lowest BCUT2D eigenvalue weighted by Gasteiger charge is -2.20. The number of nitrogens with zero attached hydrogens (tertiary/aromatic N) is 1. The normalized spacial score (nSPS) is 12.3. The number of rotatable bonds is 12. The largest absolute Gasteiger partial charge is 0.243 e. The summed E-state index contributed by atoms with van der Waals surface area (Å²) >= 11 is 2.22. The molecule has 0 aliphatic rings. The number of sulfonamides is 1. The quantitative estimate of drug-likeness (QED) is 0.182. The van der Waals surface area contributed by atoms with Gasteiger partial charge >= 0.3 is 0 Å². The third kappa shape index (κ3) is 7.66. The molecule has 0 fully saturated rings. The van der Waals surface area contributed by atoms with E-state index in [1.54, 1.807) is 16.4 Å². The Hall–Kier alpha value is -0.400. The van der Waals surface area contributed by atoms with E-state index in [2.05, 4.69) is 35.6 Å². The summed E-state index contributed by atoms with van der Waals surface area (Å²) < 4.78 is 27.9. The van der Waals surface area contributed by atoms with E-state index in [-0.39, 0.29) is 0 Å². The van der Waals surface area contributed by atoms with Gasteiger partial charge in [-0.05, 0) is 31.9 Å². The lowest BCUT2D eigenvalue weighted by atomic mass is 10.1. The molecule has 0 unspecified atom stereocenters. The molecule has 1 aromatic rings. The standard InChI is InChI=1S/C19H30INO2S/c1-3-4-5-6-7-8-9-10-16-21(17-15-20)24(22,23)19-13-11-18(2)12-14-19/h9-14H,3-8,15-17H2,1-2H3/b10-9+. The minimum absolute atomic E-state index is 0.380. The van der Waals surface area contributed by atoms with Crippen LogP contribution >= 0.6 is 22.6 Å². The van der Waals surface area contributed by atoms with Crippen LogP contribution in [0.5, 0.6) is 0 Å². The number of allylic oxidation sites excluding steroid dienone is 1. The SMILES string of the molecule is CCCCCCC/C=C/CN(CCI)S(=O)(=O)c1ccc(C)cc1. The van der Waals surface area contributed by atoms with Crippen molar-refractivity contribution in [3.8, 4) is 0 Å². The zero-order valence-electron chi connectivity index (χ0n) is 14.9. The van der Waals surface area contributed by atoms with Gasteiger partial charge in [-0.2, -0.15) is 4.31 Å². The topological polar surface area (TPSA) is 37.4 Å². The molecule has 0 aromatic heterocycles. The first-order valence-electron chi connectivity index (χ1n) is 8.80. The average molecular weight is 463 g/mol. The van der Waals surface area contributed by atoms with Gasteiger partial charge in [-0.1, -0.05) is 85.0 Å². The van der Waals surface area contributed by atoms with Crippen LogP contribution in [0.2, 0.25) is 0 Å². The second-order valence-electron chi connectivity index (χ2n) is 6.04. The van der Waals surface area contributed by atoms with Crippen molar-refractivity contribution in [3.05, 3.63) is 42.0 Å². The highest BCUT2D eigenvalue weighted by molar-refractivity contribution is 14.1. The average Bonchev–Trinajstić information content (AvgIpc) is 2.56. The molecule has 3 nitrogen and oxygen atoms in total. The predicted molar refractivity (Wildman–Crippen MR) is 111 cm³/mol. The molecule has 0 heterocycles. The van der Waals surface area contributed by atoms with Gasteiger partial charge in [0.2, 0.25) is 10.0 Å². The maximum Gasteiger partial charge on any atom is 0.243 e. The summed E-state index contributed by atoms with van der Waals surface area (Å²) in [5.41, 5.74) is 1.07. The van der Waals surface area contributed by atoms with Crippen LogP contribution in [0.4, 0.5) is 0 Å². The number of aryl methyl sites for hydroxylation is 1. The van der Waals surface area contributed by atoms with E-state index in [1.807, 2.05) is 25.1 Å². The maximum atomic E-state index is 12.8. The fourth-order valence-corrected chi connectivity index (χ4v) is 4.74. The molecule has 0 aliphatic heterocycles. The Morgan fingerprint density at radius 2 is 1.71 bits per heavy atom. The molecule has 0 atom stereocenters. The van der Waals surface area contributed by atoms with Gasteiger partial charge in [0.25, 0.3) is 0 Å². The number of halogens is 1. The minimum atomic E-state index is -3.41. The number of hydrogen-bond donors (Lipinski definition) is 0. The van der Waals surface area contributed by atoms with Gasteiger partial charge in [0.1, 0.15) is 0 Å². The molecule has 136 valence electrons. The first-order valence-corrected chi connectivity index (χ1v) is 11.8. The summed E-state index contributed by atoms with van der Waals surface area (Å²) in [7, 11) is -3.41. The molecular weight excluding hydrogens is 433 g/mol. The van der Waals surface area contributed by atoms with Crippen molar-refractivity contribution in [2.45, 2.75) is 57.3 Å². The van der Waals surface area contributed by atoms with Crippen molar-refractivity contribution in [1.29, 1.82) is 0 Å². The zero-order valence-corrected chi connectivity index (χ0v) is 17.9. The second kappa shape index (κ2) is 12.0. The van der Waals surface area contributed by atoms with Gasteiger partial charge in [0.05, 0.1) is 4.90 Å². The fraction of sp³-hybridized carbons (Fsp3) is 0.579. The van der Waals surface area contributed by atoms with Gasteiger partial charge in [-0.3, -0.25) is 0 Å². The van der Waals surface area contributed by atoms with Crippen LogP contribution in [-0.4, -0.2) is 30.2 Å². The monoisotopic (exact) mass is 463 g/mol. The number of benzene rings is 1. The van der Waals surface area contributed by atoms with Gasteiger partial charge in [-0.25, -0.2) is 8.42 Å². The first-order chi connectivity index (χ1) is 11.5. The molecular formula is C19H30INO2S. The van der Waals surface area contributed by atoms with E-state index >= 15 is 0 Å². The molecule has 0 spiro atoms. The minimum Gasteiger partial charge on any atom is -0.207 e. The van der Waals surface area contributed by atoms with Crippen molar-refractivity contribution in [3.63, 3.8) is 0 Å². The Kier molecular flexibility index (Phi) is 10.9. The smallest absolute Gasteiger partial charge is 0.207 e. The van der Waals surface area contributed by atoms with E-state index in [1.165, 1.54) is 32.1 Å². The van der Waals surface area contributed by atoms with Crippen LogP contribution in [0.1, 0.15) is 51.0 Å². The molecule has 0 aliphatic carbocycles. The Morgan fingerprint density at radius 3 is 2.33 bits per heavy atom. The van der Waals surface area contributed by atoms with E-state index in [4.69, 9.17) is 0 Å². The van der Waals surface area contributed by atoms with Gasteiger partial charge < -0.3 is 0 Å². The molecule has 0 amide bonds. The van der Waals surface area contributed by atoms with E-state index in [0.717, 1.165) is 16.4 Å². The molecule has 5 heteroatoms. The van der Waals surface area contributed by atoms with Crippen molar-refractivity contribution in [2.24, 2.45) is 0 Å². The van der Waals surface area contributed by atoms with Gasteiger partial charge in [-0.15, -0.1) is 0 Å². The lowest BCUT2D eigenvalue weighted by Crippen LogP contribution is -2.33. The summed E-state index contributed by atoms with van der Waals surface area (Å²) in [6.07, 6.45) is 11.5. The summed E-state index contributed by atoms with van der Waals surface area (Å²) in [4.78, 5) is 0.380. The molecule has 24 heavy (non-hydrogen) atoms. The van der Waals surface area contributed by atoms with Crippen LogP contribution in [0.15, 0.2) is 41.3 Å². The Labute approximate surface area is 161 Å². The highest BCUT2D eigenvalue weighted by Crippen LogP contribution is 2.17. The predicted octanol–water partition coefficient (Wildman–Crippen LogP) is 5.34. The van der Waals surface area contributed by atoms with E-state index in [9.17, 15) is 8.42 Å². The van der Waals surface area contributed by atoms with E-state index < -0.39 is 10.0 Å². The summed E-state index contributed by atoms with van der Waals surface area (Å²) in [6.45, 7) is 5.17. The van der Waals surface area contributed by atoms with Crippen molar-refractivity contribution in [1.82, 2.24) is 4.31 Å². The Balaban J connectivity index is 2.58. The highest BCUT2D eigenvalue weighted by Gasteiger charge is 2.22. The zero-order chi connectivity index (χ0) is 17.8. The molecule has 0 N–H and O–H groups in total. The van der Waals surface area contributed by atoms with Crippen LogP contribution in [0.25, 0.3) is 0 Å². The fourth-order valence-electron chi connectivity index (χ4n) is 2.44. The number of hydrogen-bond acceptors (Lipinski definition) is 2. The molecule has 0 saturated heterocycles. The van der Waals surface area contributed by atoms with Crippen LogP contribution in [-0.2, 0) is 10.0 Å². The van der Waals surface area contributed by atoms with Crippen LogP contribution in [0.3, 0.4) is 0 Å². The van der Waals surface area contributed by atoms with Crippen LogP contribution in [0, 0.1) is 6.92 Å². The summed E-state index contributed by atoms with van der Waals surface area (Å²) in [6, 6.07) is 7.09. The second-order valence-corrected chi connectivity index (χ2v) is 9.06. The number of alkyl halides is 1. The molecule has 1 rings (SSSR count). The highest BCUT2D eigenvalue weighted by atomic mass is 127. The molecule has 0 saturated carbocycles. The molecule has 0 bridgehead atoms. The summed E-state index contributed by atoms with van der Waals surface area (Å²) in [5, 5.41) is 0. The Morgan fingerprint density at radius 1 is 1.04 bits per heavy atom. The van der Waals surface area contributed by atoms with E-state index in [0.29, 0.717) is 18.0 Å². The number of unbranched alkanes of at least 4 members (excludes halogenated alkanes) is 5. The lowest BCUT2D eigenvalue weighted by molar-refractivity contribution is 0.463.